The standard InChI is InChI=1S/C24H29ClN6/c1-29-13-16-10-11-17(14-29)31(16)23-9-3-8-22-28-21(15-30(22)23)19-6-2-7-20(27-19)24-18(25)5-4-12-26-24/h3-5,8-9,12,15-17,19-20,27H,2,6-7,10-11,13-14H2,1H3/t16?,17?,19-,20+/m1/s1. The normalized spacial score (nSPS) is 29.0. The van der Waals surface area contributed by atoms with Crippen molar-refractivity contribution in [1.29, 1.82) is 0 Å². The number of aromatic nitrogens is 3. The monoisotopic (exact) mass is 436 g/mol. The van der Waals surface area contributed by atoms with Crippen LogP contribution in [0.5, 0.6) is 0 Å². The maximum Gasteiger partial charge on any atom is 0.138 e. The number of hydrogen-bond donors (Lipinski definition) is 1. The average molecular weight is 437 g/mol. The summed E-state index contributed by atoms with van der Waals surface area (Å²) in [6, 6.07) is 12.0. The Kier molecular flexibility index (Phi) is 4.89. The summed E-state index contributed by atoms with van der Waals surface area (Å²) in [7, 11) is 2.25. The van der Waals surface area contributed by atoms with Gasteiger partial charge in [0.25, 0.3) is 0 Å². The summed E-state index contributed by atoms with van der Waals surface area (Å²) in [5.41, 5.74) is 3.10. The first-order valence-corrected chi connectivity index (χ1v) is 11.9. The largest absolute Gasteiger partial charge is 0.349 e. The van der Waals surface area contributed by atoms with Gasteiger partial charge in [0.15, 0.2) is 0 Å². The smallest absolute Gasteiger partial charge is 0.138 e. The van der Waals surface area contributed by atoms with E-state index < -0.39 is 0 Å². The molecule has 6 rings (SSSR count). The molecule has 3 aliphatic rings. The van der Waals surface area contributed by atoms with E-state index in [1.54, 1.807) is 0 Å². The van der Waals surface area contributed by atoms with Gasteiger partial charge in [0, 0.05) is 37.6 Å². The number of piperazine rings is 1. The lowest BCUT2D eigenvalue weighted by molar-refractivity contribution is 0.263. The second-order valence-corrected chi connectivity index (χ2v) is 9.77. The Morgan fingerprint density at radius 1 is 1.00 bits per heavy atom. The van der Waals surface area contributed by atoms with Crippen molar-refractivity contribution < 1.29 is 0 Å². The molecule has 6 heterocycles. The number of piperidine rings is 1. The Balaban J connectivity index is 1.31. The first kappa shape index (κ1) is 19.5. The summed E-state index contributed by atoms with van der Waals surface area (Å²) < 4.78 is 2.31. The number of likely N-dealkylation sites (N-methyl/N-ethyl adjacent to an activating group) is 1. The Labute approximate surface area is 188 Å². The third-order valence-electron chi connectivity index (χ3n) is 7.28. The average Bonchev–Trinajstić information content (AvgIpc) is 3.33. The van der Waals surface area contributed by atoms with E-state index in [-0.39, 0.29) is 12.1 Å². The molecule has 7 heteroatoms. The van der Waals surface area contributed by atoms with Gasteiger partial charge in [-0.3, -0.25) is 9.38 Å². The van der Waals surface area contributed by atoms with Crippen LogP contribution in [0.2, 0.25) is 5.02 Å². The highest BCUT2D eigenvalue weighted by atomic mass is 35.5. The Bertz CT molecular complexity index is 1080. The van der Waals surface area contributed by atoms with Crippen molar-refractivity contribution >= 4 is 23.1 Å². The number of halogens is 1. The van der Waals surface area contributed by atoms with Gasteiger partial charge in [-0.15, -0.1) is 0 Å². The molecule has 2 bridgehead atoms. The molecule has 0 spiro atoms. The zero-order valence-corrected chi connectivity index (χ0v) is 18.7. The van der Waals surface area contributed by atoms with Crippen LogP contribution < -0.4 is 10.2 Å². The van der Waals surface area contributed by atoms with Gasteiger partial charge in [-0.2, -0.15) is 0 Å². The van der Waals surface area contributed by atoms with Crippen molar-refractivity contribution in [3.63, 3.8) is 0 Å². The molecule has 0 aliphatic carbocycles. The van der Waals surface area contributed by atoms with Crippen molar-refractivity contribution in [1.82, 2.24) is 24.6 Å². The van der Waals surface area contributed by atoms with Gasteiger partial charge in [-0.05, 0) is 63.4 Å². The predicted octanol–water partition coefficient (Wildman–Crippen LogP) is 4.22. The van der Waals surface area contributed by atoms with Gasteiger partial charge in [0.2, 0.25) is 0 Å². The van der Waals surface area contributed by atoms with Crippen molar-refractivity contribution in [2.24, 2.45) is 0 Å². The Morgan fingerprint density at radius 3 is 2.61 bits per heavy atom. The highest BCUT2D eigenvalue weighted by Gasteiger charge is 2.39. The van der Waals surface area contributed by atoms with Crippen LogP contribution in [0.1, 0.15) is 55.6 Å². The lowest BCUT2D eigenvalue weighted by Crippen LogP contribution is -2.53. The van der Waals surface area contributed by atoms with E-state index in [9.17, 15) is 0 Å². The number of likely N-dealkylation sites (tertiary alicyclic amines) is 1. The third-order valence-corrected chi connectivity index (χ3v) is 7.60. The zero-order chi connectivity index (χ0) is 20.9. The first-order valence-electron chi connectivity index (χ1n) is 11.5. The van der Waals surface area contributed by atoms with E-state index >= 15 is 0 Å². The van der Waals surface area contributed by atoms with Gasteiger partial charge in [-0.1, -0.05) is 17.7 Å². The number of anilines is 1. The fraction of sp³-hybridized carbons (Fsp3) is 0.500. The lowest BCUT2D eigenvalue weighted by Gasteiger charge is -2.41. The maximum absolute atomic E-state index is 6.43. The number of fused-ring (bicyclic) bond motifs is 3. The van der Waals surface area contributed by atoms with Gasteiger partial charge in [-0.25, -0.2) is 4.98 Å². The second-order valence-electron chi connectivity index (χ2n) is 9.36. The molecular formula is C24H29ClN6. The van der Waals surface area contributed by atoms with Crippen LogP contribution >= 0.6 is 11.6 Å². The molecule has 0 radical (unpaired) electrons. The molecule has 0 saturated carbocycles. The molecule has 3 fully saturated rings. The molecule has 3 aromatic rings. The molecule has 0 amide bonds. The minimum absolute atomic E-state index is 0.171. The molecule has 3 aromatic heterocycles. The highest BCUT2D eigenvalue weighted by molar-refractivity contribution is 6.31. The lowest BCUT2D eigenvalue weighted by atomic mass is 9.94. The molecule has 4 atom stereocenters. The highest BCUT2D eigenvalue weighted by Crippen LogP contribution is 2.37. The molecule has 0 aromatic carbocycles. The summed E-state index contributed by atoms with van der Waals surface area (Å²) in [6.45, 7) is 2.29. The topological polar surface area (TPSA) is 48.7 Å². The number of rotatable bonds is 3. The minimum Gasteiger partial charge on any atom is -0.349 e. The zero-order valence-electron chi connectivity index (χ0n) is 17.9. The fourth-order valence-electron chi connectivity index (χ4n) is 5.92. The van der Waals surface area contributed by atoms with Crippen LogP contribution in [0.4, 0.5) is 5.82 Å². The number of nitrogens with one attached hydrogen (secondary N) is 1. The van der Waals surface area contributed by atoms with E-state index in [0.717, 1.165) is 54.4 Å². The van der Waals surface area contributed by atoms with Gasteiger partial charge in [0.1, 0.15) is 11.5 Å². The second kappa shape index (κ2) is 7.76. The predicted molar refractivity (Wildman–Crippen MR) is 124 cm³/mol. The first-order chi connectivity index (χ1) is 15.2. The Hall–Kier alpha value is -2.15. The van der Waals surface area contributed by atoms with Crippen LogP contribution in [-0.4, -0.2) is 51.5 Å². The number of hydrogen-bond acceptors (Lipinski definition) is 5. The molecule has 162 valence electrons. The van der Waals surface area contributed by atoms with Crippen LogP contribution in [0.25, 0.3) is 5.65 Å². The summed E-state index contributed by atoms with van der Waals surface area (Å²) in [4.78, 5) is 14.7. The maximum atomic E-state index is 6.43. The quantitative estimate of drug-likeness (QED) is 0.666. The number of nitrogens with zero attached hydrogens (tertiary/aromatic N) is 5. The van der Waals surface area contributed by atoms with Gasteiger partial charge < -0.3 is 15.1 Å². The summed E-state index contributed by atoms with van der Waals surface area (Å²) in [6.07, 6.45) is 9.92. The van der Waals surface area contributed by atoms with E-state index in [4.69, 9.17) is 16.6 Å². The van der Waals surface area contributed by atoms with Gasteiger partial charge >= 0.3 is 0 Å². The summed E-state index contributed by atoms with van der Waals surface area (Å²) in [5, 5.41) is 4.52. The van der Waals surface area contributed by atoms with Crippen molar-refractivity contribution in [2.75, 3.05) is 25.0 Å². The fourth-order valence-corrected chi connectivity index (χ4v) is 6.17. The van der Waals surface area contributed by atoms with Crippen molar-refractivity contribution in [3.8, 4) is 0 Å². The molecular weight excluding hydrogens is 408 g/mol. The molecule has 6 nitrogen and oxygen atoms in total. The van der Waals surface area contributed by atoms with Crippen LogP contribution in [0.3, 0.4) is 0 Å². The van der Waals surface area contributed by atoms with Crippen LogP contribution in [0, 0.1) is 0 Å². The molecule has 3 aliphatic heterocycles. The number of imidazole rings is 1. The summed E-state index contributed by atoms with van der Waals surface area (Å²) in [5.74, 6) is 1.29. The Morgan fingerprint density at radius 2 is 1.81 bits per heavy atom. The SMILES string of the molecule is CN1CC2CCC(C1)N2c1cccc2nc([C@H]3CCC[C@@H](c4ncccc4Cl)N3)cn12. The molecule has 1 N–H and O–H groups in total. The molecule has 2 unspecified atom stereocenters. The van der Waals surface area contributed by atoms with E-state index in [2.05, 4.69) is 55.9 Å². The third kappa shape index (κ3) is 3.41. The van der Waals surface area contributed by atoms with E-state index in [0.29, 0.717) is 12.1 Å². The van der Waals surface area contributed by atoms with Crippen molar-refractivity contribution in [3.05, 3.63) is 59.1 Å². The minimum atomic E-state index is 0.171. The summed E-state index contributed by atoms with van der Waals surface area (Å²) >= 11 is 6.43. The number of pyridine rings is 2. The molecule has 31 heavy (non-hydrogen) atoms. The van der Waals surface area contributed by atoms with Crippen LogP contribution in [-0.2, 0) is 0 Å². The van der Waals surface area contributed by atoms with E-state index in [1.165, 1.54) is 18.7 Å². The van der Waals surface area contributed by atoms with Gasteiger partial charge in [0.05, 0.1) is 28.5 Å². The van der Waals surface area contributed by atoms with Crippen LogP contribution in [0.15, 0.2) is 42.7 Å². The molecule has 3 saturated heterocycles. The van der Waals surface area contributed by atoms with E-state index in [1.807, 2.05) is 18.3 Å². The van der Waals surface area contributed by atoms with Crippen molar-refractivity contribution in [2.45, 2.75) is 56.3 Å².